The largest absolute Gasteiger partial charge is 0.495 e. The van der Waals surface area contributed by atoms with Crippen molar-refractivity contribution >= 4 is 40.5 Å². The molecule has 0 spiro atoms. The number of nitrogens with one attached hydrogen (secondary N) is 2. The van der Waals surface area contributed by atoms with E-state index >= 15 is 0 Å². The average Bonchev–Trinajstić information content (AvgIpc) is 2.58. The molecular weight excluding hydrogens is 368 g/mol. The van der Waals surface area contributed by atoms with Gasteiger partial charge in [-0.25, -0.2) is 4.39 Å². The first-order valence-corrected chi connectivity index (χ1v) is 7.67. The second-order valence-corrected chi connectivity index (χ2v) is 5.59. The first-order valence-electron chi connectivity index (χ1n) is 6.91. The maximum atomic E-state index is 13.1. The zero-order valence-corrected chi connectivity index (χ0v) is 14.5. The van der Waals surface area contributed by atoms with E-state index in [4.69, 9.17) is 33.2 Å². The van der Waals surface area contributed by atoms with Gasteiger partial charge in [0.2, 0.25) is 0 Å². The Kier molecular flexibility index (Phi) is 6.23. The molecule has 8 heteroatoms. The zero-order valence-electron chi connectivity index (χ0n) is 12.9. The number of nitriles is 1. The molecule has 0 aromatic heterocycles. The summed E-state index contributed by atoms with van der Waals surface area (Å²) < 4.78 is 18.3. The molecule has 128 valence electrons. The van der Waals surface area contributed by atoms with Crippen LogP contribution in [0.15, 0.2) is 48.2 Å². The van der Waals surface area contributed by atoms with Crippen molar-refractivity contribution in [3.8, 4) is 11.8 Å². The Bertz CT molecular complexity index is 879. The van der Waals surface area contributed by atoms with Crippen LogP contribution in [-0.4, -0.2) is 13.0 Å². The minimum Gasteiger partial charge on any atom is -0.495 e. The predicted octanol–water partition coefficient (Wildman–Crippen LogP) is 4.60. The van der Waals surface area contributed by atoms with Crippen LogP contribution in [-0.2, 0) is 4.79 Å². The van der Waals surface area contributed by atoms with Crippen LogP contribution >= 0.6 is 23.2 Å². The molecule has 25 heavy (non-hydrogen) atoms. The number of rotatable bonds is 5. The summed E-state index contributed by atoms with van der Waals surface area (Å²) in [4.78, 5) is 12.2. The molecule has 0 heterocycles. The van der Waals surface area contributed by atoms with E-state index < -0.39 is 11.7 Å². The molecule has 2 N–H and O–H groups in total. The van der Waals surface area contributed by atoms with Crippen LogP contribution in [0, 0.1) is 17.1 Å². The molecule has 0 aliphatic carbocycles. The molecule has 2 aromatic rings. The normalized spacial score (nSPS) is 10.8. The molecule has 0 bridgehead atoms. The highest BCUT2D eigenvalue weighted by Gasteiger charge is 2.13. The number of hydrogen-bond donors (Lipinski definition) is 2. The Morgan fingerprint density at radius 3 is 2.68 bits per heavy atom. The van der Waals surface area contributed by atoms with Crippen LogP contribution in [0.25, 0.3) is 0 Å². The average molecular weight is 380 g/mol. The van der Waals surface area contributed by atoms with Crippen LogP contribution in [0.5, 0.6) is 5.75 Å². The quantitative estimate of drug-likeness (QED) is 0.587. The standard InChI is InChI=1S/C17H12Cl2FN3O2/c1-25-16-5-2-11(18)6-15(16)23-17(24)10(8-21)9-22-12-3-4-14(20)13(19)7-12/h2-7,9,22H,1H3,(H,23,24)/b10-9-. The topological polar surface area (TPSA) is 74.1 Å². The lowest BCUT2D eigenvalue weighted by Gasteiger charge is -2.10. The summed E-state index contributed by atoms with van der Waals surface area (Å²) in [5, 5.41) is 14.8. The van der Waals surface area contributed by atoms with Crippen molar-refractivity contribution in [1.82, 2.24) is 0 Å². The Labute approximate surface area is 153 Å². The van der Waals surface area contributed by atoms with Crippen molar-refractivity contribution in [2.45, 2.75) is 0 Å². The molecule has 2 aromatic carbocycles. The first kappa shape index (κ1) is 18.6. The van der Waals surface area contributed by atoms with Crippen molar-refractivity contribution in [3.05, 3.63) is 64.0 Å². The number of ether oxygens (including phenoxy) is 1. The minimum absolute atomic E-state index is 0.0787. The molecule has 0 atom stereocenters. The summed E-state index contributed by atoms with van der Waals surface area (Å²) in [5.74, 6) is -0.834. The van der Waals surface area contributed by atoms with E-state index in [1.807, 2.05) is 0 Å². The van der Waals surface area contributed by atoms with Gasteiger partial charge in [-0.1, -0.05) is 23.2 Å². The summed E-state index contributed by atoms with van der Waals surface area (Å²) in [6.45, 7) is 0. The van der Waals surface area contributed by atoms with Crippen LogP contribution in [0.1, 0.15) is 0 Å². The molecule has 1 amide bonds. The summed E-state index contributed by atoms with van der Waals surface area (Å²) >= 11 is 11.6. The van der Waals surface area contributed by atoms with Gasteiger partial charge in [0.1, 0.15) is 23.2 Å². The molecule has 0 aliphatic rings. The van der Waals surface area contributed by atoms with Crippen molar-refractivity contribution in [2.24, 2.45) is 0 Å². The van der Waals surface area contributed by atoms with Gasteiger partial charge in [-0.3, -0.25) is 4.79 Å². The third kappa shape index (κ3) is 4.86. The van der Waals surface area contributed by atoms with E-state index in [1.165, 1.54) is 37.6 Å². The fraction of sp³-hybridized carbons (Fsp3) is 0.0588. The first-order chi connectivity index (χ1) is 11.9. The number of methoxy groups -OCH3 is 1. The maximum absolute atomic E-state index is 13.1. The fourth-order valence-electron chi connectivity index (χ4n) is 1.86. The van der Waals surface area contributed by atoms with E-state index in [-0.39, 0.29) is 10.6 Å². The minimum atomic E-state index is -0.663. The lowest BCUT2D eigenvalue weighted by molar-refractivity contribution is -0.112. The lowest BCUT2D eigenvalue weighted by atomic mass is 10.2. The van der Waals surface area contributed by atoms with Gasteiger partial charge in [-0.15, -0.1) is 0 Å². The van der Waals surface area contributed by atoms with E-state index in [2.05, 4.69) is 10.6 Å². The summed E-state index contributed by atoms with van der Waals surface area (Å²) in [5.41, 5.74) is 0.542. The third-order valence-corrected chi connectivity index (χ3v) is 3.60. The molecule has 5 nitrogen and oxygen atoms in total. The lowest BCUT2D eigenvalue weighted by Crippen LogP contribution is -2.15. The summed E-state index contributed by atoms with van der Waals surface area (Å²) in [6, 6.07) is 10.4. The fourth-order valence-corrected chi connectivity index (χ4v) is 2.21. The molecule has 0 saturated heterocycles. The molecule has 2 rings (SSSR count). The van der Waals surface area contributed by atoms with Crippen LogP contribution in [0.3, 0.4) is 0 Å². The van der Waals surface area contributed by atoms with Gasteiger partial charge in [0.25, 0.3) is 5.91 Å². The Hall–Kier alpha value is -2.75. The highest BCUT2D eigenvalue weighted by molar-refractivity contribution is 6.31. The number of carbonyl (C=O) groups is 1. The number of nitrogens with zero attached hydrogens (tertiary/aromatic N) is 1. The van der Waals surface area contributed by atoms with Gasteiger partial charge in [0, 0.05) is 16.9 Å². The summed E-state index contributed by atoms with van der Waals surface area (Å²) in [7, 11) is 1.44. The molecule has 0 saturated carbocycles. The smallest absolute Gasteiger partial charge is 0.267 e. The van der Waals surface area contributed by atoms with Gasteiger partial charge < -0.3 is 15.4 Å². The van der Waals surface area contributed by atoms with E-state index in [1.54, 1.807) is 18.2 Å². The van der Waals surface area contributed by atoms with Gasteiger partial charge in [0.05, 0.1) is 17.8 Å². The second-order valence-electron chi connectivity index (χ2n) is 4.74. The Morgan fingerprint density at radius 2 is 2.04 bits per heavy atom. The van der Waals surface area contributed by atoms with Gasteiger partial charge >= 0.3 is 0 Å². The molecule has 0 fully saturated rings. The van der Waals surface area contributed by atoms with Gasteiger partial charge in [0.15, 0.2) is 0 Å². The van der Waals surface area contributed by atoms with Crippen molar-refractivity contribution in [3.63, 3.8) is 0 Å². The van der Waals surface area contributed by atoms with E-state index in [0.717, 1.165) is 0 Å². The van der Waals surface area contributed by atoms with Crippen LogP contribution < -0.4 is 15.4 Å². The number of carbonyl (C=O) groups excluding carboxylic acids is 1. The van der Waals surface area contributed by atoms with E-state index in [0.29, 0.717) is 22.1 Å². The zero-order chi connectivity index (χ0) is 18.4. The molecule has 0 aliphatic heterocycles. The van der Waals surface area contributed by atoms with Crippen molar-refractivity contribution in [2.75, 3.05) is 17.7 Å². The number of anilines is 2. The number of benzene rings is 2. The highest BCUT2D eigenvalue weighted by atomic mass is 35.5. The molecule has 0 unspecified atom stereocenters. The SMILES string of the molecule is COc1ccc(Cl)cc1NC(=O)/C(C#N)=C\Nc1ccc(F)c(Cl)c1. The molecular formula is C17H12Cl2FN3O2. The Balaban J connectivity index is 2.17. The van der Waals surface area contributed by atoms with E-state index in [9.17, 15) is 9.18 Å². The monoisotopic (exact) mass is 379 g/mol. The Morgan fingerprint density at radius 1 is 1.28 bits per heavy atom. The van der Waals surface area contributed by atoms with Crippen LogP contribution in [0.2, 0.25) is 10.0 Å². The van der Waals surface area contributed by atoms with Crippen LogP contribution in [0.4, 0.5) is 15.8 Å². The van der Waals surface area contributed by atoms with Crippen molar-refractivity contribution < 1.29 is 13.9 Å². The third-order valence-electron chi connectivity index (χ3n) is 3.08. The molecule has 0 radical (unpaired) electrons. The number of halogens is 3. The van der Waals surface area contributed by atoms with Gasteiger partial charge in [-0.05, 0) is 36.4 Å². The second kappa shape index (κ2) is 8.38. The predicted molar refractivity (Wildman–Crippen MR) is 95.4 cm³/mol. The number of hydrogen-bond acceptors (Lipinski definition) is 4. The summed E-state index contributed by atoms with van der Waals surface area (Å²) in [6.07, 6.45) is 1.19. The van der Waals surface area contributed by atoms with Crippen molar-refractivity contribution in [1.29, 1.82) is 5.26 Å². The highest BCUT2D eigenvalue weighted by Crippen LogP contribution is 2.28. The maximum Gasteiger partial charge on any atom is 0.267 e. The number of amides is 1. The van der Waals surface area contributed by atoms with Gasteiger partial charge in [-0.2, -0.15) is 5.26 Å².